The van der Waals surface area contributed by atoms with Gasteiger partial charge in [-0.1, -0.05) is 30.3 Å². The van der Waals surface area contributed by atoms with Crippen molar-refractivity contribution in [3.8, 4) is 0 Å². The highest BCUT2D eigenvalue weighted by Gasteiger charge is 2.61. The number of likely N-dealkylation sites (tertiary alicyclic amines) is 1. The van der Waals surface area contributed by atoms with Gasteiger partial charge >= 0.3 is 5.97 Å². The third kappa shape index (κ3) is 3.70. The second-order valence-corrected chi connectivity index (χ2v) is 9.69. The van der Waals surface area contributed by atoms with Gasteiger partial charge in [0, 0.05) is 26.1 Å². The van der Waals surface area contributed by atoms with E-state index in [2.05, 4.69) is 27.5 Å². The number of hydrogen-bond donors (Lipinski definition) is 2. The highest BCUT2D eigenvalue weighted by atomic mass is 16.5. The topological polar surface area (TPSA) is 108 Å². The van der Waals surface area contributed by atoms with E-state index in [0.29, 0.717) is 31.1 Å². The van der Waals surface area contributed by atoms with Crippen molar-refractivity contribution in [1.29, 1.82) is 0 Å². The molecule has 2 saturated carbocycles. The first-order valence-corrected chi connectivity index (χ1v) is 11.5. The third-order valence-corrected chi connectivity index (χ3v) is 8.28. The number of amides is 1. The number of carbonyl (C=O) groups is 2. The predicted molar refractivity (Wildman–Crippen MR) is 116 cm³/mol. The van der Waals surface area contributed by atoms with E-state index in [1.54, 1.807) is 7.11 Å². The molecule has 2 N–H and O–H groups in total. The van der Waals surface area contributed by atoms with Crippen LogP contribution in [0.25, 0.3) is 0 Å². The maximum absolute atomic E-state index is 12.6. The fourth-order valence-electron chi connectivity index (χ4n) is 6.42. The van der Waals surface area contributed by atoms with Crippen molar-refractivity contribution in [3.05, 3.63) is 47.8 Å². The average Bonchev–Trinajstić information content (AvgIpc) is 3.24. The van der Waals surface area contributed by atoms with Crippen LogP contribution < -0.4 is 0 Å². The zero-order valence-corrected chi connectivity index (χ0v) is 18.3. The Hall–Kier alpha value is -2.74. The van der Waals surface area contributed by atoms with E-state index >= 15 is 0 Å². The molecule has 1 amide bonds. The normalized spacial score (nSPS) is 31.4. The van der Waals surface area contributed by atoms with Crippen LogP contribution in [0.4, 0.5) is 0 Å². The molecule has 3 fully saturated rings. The minimum Gasteiger partial charge on any atom is -0.481 e. The van der Waals surface area contributed by atoms with Crippen LogP contribution in [0.1, 0.15) is 54.1 Å². The number of carboxylic acid groups (broad SMARTS) is 1. The maximum atomic E-state index is 12.6. The molecule has 170 valence electrons. The number of methoxy groups -OCH3 is 1. The minimum atomic E-state index is -0.689. The van der Waals surface area contributed by atoms with Gasteiger partial charge in [-0.25, -0.2) is 0 Å². The number of rotatable bonds is 5. The van der Waals surface area contributed by atoms with Crippen LogP contribution in [-0.2, 0) is 9.53 Å². The molecule has 2 heterocycles. The Morgan fingerprint density at radius 1 is 1.19 bits per heavy atom. The molecule has 5 rings (SSSR count). The molecule has 1 aromatic heterocycles. The molecule has 4 unspecified atom stereocenters. The van der Waals surface area contributed by atoms with Crippen molar-refractivity contribution in [2.24, 2.45) is 23.2 Å². The number of aromatic amines is 1. The summed E-state index contributed by atoms with van der Waals surface area (Å²) in [5.41, 5.74) is 1.67. The minimum absolute atomic E-state index is 0.0319. The molecule has 1 aromatic carbocycles. The van der Waals surface area contributed by atoms with Crippen LogP contribution >= 0.6 is 0 Å². The van der Waals surface area contributed by atoms with E-state index in [1.807, 2.05) is 23.1 Å². The maximum Gasteiger partial charge on any atom is 0.306 e. The summed E-state index contributed by atoms with van der Waals surface area (Å²) < 4.78 is 5.90. The van der Waals surface area contributed by atoms with Gasteiger partial charge in [0.25, 0.3) is 5.91 Å². The standard InChI is InChI=1S/C24H30N4O4/c1-32-21-12-17(18(23(30)31)11-16(21)15-5-3-2-4-6-15)19-13-24(19)7-9-28(10-8-24)22(29)20-14-25-27-26-20/h2-6,14,16-19,21H,7-13H2,1H3,(H,30,31)(H,25,26,27)/t16-,17?,18?,19?,21?/m0/s1. The quantitative estimate of drug-likeness (QED) is 0.743. The van der Waals surface area contributed by atoms with Crippen LogP contribution in [0.5, 0.6) is 0 Å². The molecule has 32 heavy (non-hydrogen) atoms. The average molecular weight is 439 g/mol. The summed E-state index contributed by atoms with van der Waals surface area (Å²) in [5, 5.41) is 20.2. The van der Waals surface area contributed by atoms with Gasteiger partial charge in [-0.3, -0.25) is 9.59 Å². The number of nitrogens with one attached hydrogen (secondary N) is 1. The second-order valence-electron chi connectivity index (χ2n) is 9.69. The van der Waals surface area contributed by atoms with Crippen molar-refractivity contribution in [2.45, 2.75) is 44.1 Å². The first-order valence-electron chi connectivity index (χ1n) is 11.5. The van der Waals surface area contributed by atoms with E-state index in [-0.39, 0.29) is 35.2 Å². The molecular formula is C24H30N4O4. The molecule has 0 radical (unpaired) electrons. The predicted octanol–water partition coefficient (Wildman–Crippen LogP) is 2.96. The second kappa shape index (κ2) is 8.31. The summed E-state index contributed by atoms with van der Waals surface area (Å²) in [6, 6.07) is 10.2. The Bertz CT molecular complexity index is 956. The van der Waals surface area contributed by atoms with Crippen molar-refractivity contribution in [2.75, 3.05) is 20.2 Å². The van der Waals surface area contributed by atoms with Crippen molar-refractivity contribution in [1.82, 2.24) is 20.3 Å². The summed E-state index contributed by atoms with van der Waals surface area (Å²) in [5.74, 6) is -0.512. The van der Waals surface area contributed by atoms with E-state index in [0.717, 1.165) is 31.2 Å². The van der Waals surface area contributed by atoms with Gasteiger partial charge in [-0.15, -0.1) is 0 Å². The molecule has 1 spiro atoms. The van der Waals surface area contributed by atoms with Gasteiger partial charge < -0.3 is 14.7 Å². The lowest BCUT2D eigenvalue weighted by Crippen LogP contribution is -2.43. The fraction of sp³-hybridized carbons (Fsp3) is 0.583. The molecule has 2 aliphatic carbocycles. The summed E-state index contributed by atoms with van der Waals surface area (Å²) in [6.45, 7) is 1.37. The Kier molecular flexibility index (Phi) is 5.49. The van der Waals surface area contributed by atoms with Crippen LogP contribution in [0.2, 0.25) is 0 Å². The molecule has 0 bridgehead atoms. The van der Waals surface area contributed by atoms with Gasteiger partial charge in [0.1, 0.15) is 0 Å². The highest BCUT2D eigenvalue weighted by Crippen LogP contribution is 2.66. The Balaban J connectivity index is 1.28. The summed E-state index contributed by atoms with van der Waals surface area (Å²) in [6.07, 6.45) is 5.78. The van der Waals surface area contributed by atoms with Gasteiger partial charge in [0.15, 0.2) is 5.69 Å². The Labute approximate surface area is 187 Å². The van der Waals surface area contributed by atoms with Crippen molar-refractivity contribution >= 4 is 11.9 Å². The van der Waals surface area contributed by atoms with Crippen molar-refractivity contribution in [3.63, 3.8) is 0 Å². The number of benzene rings is 1. The lowest BCUT2D eigenvalue weighted by Gasteiger charge is -2.41. The lowest BCUT2D eigenvalue weighted by molar-refractivity contribution is -0.148. The fourth-order valence-corrected chi connectivity index (χ4v) is 6.42. The highest BCUT2D eigenvalue weighted by molar-refractivity contribution is 5.91. The molecule has 1 saturated heterocycles. The number of aromatic nitrogens is 3. The summed E-state index contributed by atoms with van der Waals surface area (Å²) in [4.78, 5) is 26.7. The molecule has 5 atom stereocenters. The van der Waals surface area contributed by atoms with E-state index < -0.39 is 5.97 Å². The van der Waals surface area contributed by atoms with Crippen LogP contribution in [0, 0.1) is 23.2 Å². The summed E-state index contributed by atoms with van der Waals surface area (Å²) >= 11 is 0. The molecule has 3 aliphatic rings. The number of nitrogens with zero attached hydrogens (tertiary/aromatic N) is 3. The van der Waals surface area contributed by atoms with Gasteiger partial charge in [0.05, 0.1) is 18.2 Å². The molecule has 1 aliphatic heterocycles. The number of hydrogen-bond acceptors (Lipinski definition) is 5. The third-order valence-electron chi connectivity index (χ3n) is 8.28. The Morgan fingerprint density at radius 2 is 1.94 bits per heavy atom. The number of aliphatic carboxylic acids is 1. The SMILES string of the molecule is COC1CC(C2CC23CCN(C(=O)c2cn[nH]n2)CC3)C(C(=O)O)C[C@H]1c1ccccc1. The number of ether oxygens (including phenoxy) is 1. The van der Waals surface area contributed by atoms with Gasteiger partial charge in [0.2, 0.25) is 0 Å². The van der Waals surface area contributed by atoms with Gasteiger partial charge in [-0.2, -0.15) is 15.4 Å². The van der Waals surface area contributed by atoms with E-state index in [1.165, 1.54) is 6.20 Å². The summed E-state index contributed by atoms with van der Waals surface area (Å²) in [7, 11) is 1.75. The molecule has 2 aromatic rings. The smallest absolute Gasteiger partial charge is 0.306 e. The molecular weight excluding hydrogens is 408 g/mol. The lowest BCUT2D eigenvalue weighted by atomic mass is 9.67. The Morgan fingerprint density at radius 3 is 2.56 bits per heavy atom. The zero-order chi connectivity index (χ0) is 22.3. The van der Waals surface area contributed by atoms with Gasteiger partial charge in [-0.05, 0) is 54.9 Å². The largest absolute Gasteiger partial charge is 0.481 e. The molecule has 8 heteroatoms. The van der Waals surface area contributed by atoms with Crippen LogP contribution in [0.3, 0.4) is 0 Å². The zero-order valence-electron chi connectivity index (χ0n) is 18.3. The van der Waals surface area contributed by atoms with E-state index in [9.17, 15) is 14.7 Å². The first kappa shape index (κ1) is 21.1. The van der Waals surface area contributed by atoms with Crippen LogP contribution in [-0.4, -0.2) is 63.6 Å². The van der Waals surface area contributed by atoms with Crippen molar-refractivity contribution < 1.29 is 19.4 Å². The number of carbonyl (C=O) groups excluding carboxylic acids is 1. The molecule has 8 nitrogen and oxygen atoms in total. The van der Waals surface area contributed by atoms with Crippen LogP contribution in [0.15, 0.2) is 36.5 Å². The number of piperidine rings is 1. The van der Waals surface area contributed by atoms with E-state index in [4.69, 9.17) is 4.74 Å². The number of H-pyrrole nitrogens is 1. The first-order chi connectivity index (χ1) is 15.5. The monoisotopic (exact) mass is 438 g/mol. The number of carboxylic acids is 1.